The highest BCUT2D eigenvalue weighted by atomic mass is 79.9. The molecule has 0 atom stereocenters. The van der Waals surface area contributed by atoms with Crippen LogP contribution in [0.2, 0.25) is 5.02 Å². The molecule has 3 aromatic carbocycles. The lowest BCUT2D eigenvalue weighted by Crippen LogP contribution is -2.27. The molecule has 0 unspecified atom stereocenters. The molecule has 0 bridgehead atoms. The summed E-state index contributed by atoms with van der Waals surface area (Å²) in [5.74, 6) is -0.123. The molecule has 32 heavy (non-hydrogen) atoms. The van der Waals surface area contributed by atoms with Crippen LogP contribution < -0.4 is 4.74 Å². The Hall–Kier alpha value is -2.61. The molecule has 162 valence electrons. The second-order valence-corrected chi connectivity index (χ2v) is 9.25. The topological polar surface area (TPSA) is 46.6 Å². The van der Waals surface area contributed by atoms with Gasteiger partial charge in [0.1, 0.15) is 18.2 Å². The second kappa shape index (κ2) is 9.90. The van der Waals surface area contributed by atoms with Gasteiger partial charge < -0.3 is 4.74 Å². The van der Waals surface area contributed by atoms with E-state index in [4.69, 9.17) is 16.3 Å². The first kappa shape index (κ1) is 22.6. The molecular weight excluding hydrogens is 517 g/mol. The molecular formula is C24H16BrClFNO3S. The van der Waals surface area contributed by atoms with Crippen molar-refractivity contribution in [2.24, 2.45) is 0 Å². The van der Waals surface area contributed by atoms with Crippen molar-refractivity contribution in [1.82, 2.24) is 4.90 Å². The number of ether oxygens (including phenoxy) is 1. The second-order valence-electron chi connectivity index (χ2n) is 6.96. The van der Waals surface area contributed by atoms with Gasteiger partial charge in [0.15, 0.2) is 0 Å². The number of rotatable bonds is 6. The lowest BCUT2D eigenvalue weighted by Gasteiger charge is -2.12. The first-order valence-corrected chi connectivity index (χ1v) is 11.5. The standard InChI is InChI=1S/C24H16BrClFNO3S/c25-19-11-16(7-10-21(19)31-14-17-3-1-2-4-20(17)27)12-22-23(29)28(24(30)32-22)13-15-5-8-18(26)9-6-15/h1-12H,13-14H2/b22-12-. The first-order chi connectivity index (χ1) is 15.4. The number of hydrogen-bond donors (Lipinski definition) is 0. The zero-order valence-electron chi connectivity index (χ0n) is 16.6. The molecule has 4 rings (SSSR count). The Morgan fingerprint density at radius 1 is 1.06 bits per heavy atom. The van der Waals surface area contributed by atoms with E-state index < -0.39 is 0 Å². The van der Waals surface area contributed by atoms with E-state index in [1.54, 1.807) is 66.7 Å². The minimum Gasteiger partial charge on any atom is -0.488 e. The maximum absolute atomic E-state index is 13.8. The maximum atomic E-state index is 13.8. The van der Waals surface area contributed by atoms with Gasteiger partial charge in [0.25, 0.3) is 11.1 Å². The Bertz CT molecular complexity index is 1220. The largest absolute Gasteiger partial charge is 0.488 e. The van der Waals surface area contributed by atoms with Crippen molar-refractivity contribution < 1.29 is 18.7 Å². The summed E-state index contributed by atoms with van der Waals surface area (Å²) in [4.78, 5) is 26.7. The molecule has 1 aliphatic heterocycles. The summed E-state index contributed by atoms with van der Waals surface area (Å²) in [6, 6.07) is 18.7. The van der Waals surface area contributed by atoms with Gasteiger partial charge in [-0.25, -0.2) is 4.39 Å². The van der Waals surface area contributed by atoms with Crippen LogP contribution >= 0.6 is 39.3 Å². The fourth-order valence-electron chi connectivity index (χ4n) is 3.05. The Labute approximate surface area is 202 Å². The number of imide groups is 1. The number of amides is 2. The summed E-state index contributed by atoms with van der Waals surface area (Å²) >= 11 is 10.2. The molecule has 0 saturated carbocycles. The van der Waals surface area contributed by atoms with Gasteiger partial charge in [-0.3, -0.25) is 14.5 Å². The summed E-state index contributed by atoms with van der Waals surface area (Å²) in [6.45, 7) is 0.278. The summed E-state index contributed by atoms with van der Waals surface area (Å²) in [6.07, 6.45) is 1.66. The van der Waals surface area contributed by atoms with Crippen molar-refractivity contribution in [3.05, 3.63) is 104 Å². The average Bonchev–Trinajstić information content (AvgIpc) is 3.03. The molecule has 0 aliphatic carbocycles. The van der Waals surface area contributed by atoms with Crippen molar-refractivity contribution in [3.8, 4) is 5.75 Å². The van der Waals surface area contributed by atoms with Crippen LogP contribution in [0, 0.1) is 5.82 Å². The summed E-state index contributed by atoms with van der Waals surface area (Å²) in [7, 11) is 0. The average molecular weight is 533 g/mol. The number of thioether (sulfide) groups is 1. The zero-order chi connectivity index (χ0) is 22.7. The van der Waals surface area contributed by atoms with Crippen LogP contribution in [0.1, 0.15) is 16.7 Å². The van der Waals surface area contributed by atoms with Gasteiger partial charge in [0.2, 0.25) is 0 Å². The van der Waals surface area contributed by atoms with E-state index in [0.29, 0.717) is 25.7 Å². The predicted octanol–water partition coefficient (Wildman–Crippen LogP) is 7.06. The summed E-state index contributed by atoms with van der Waals surface area (Å²) < 4.78 is 20.1. The van der Waals surface area contributed by atoms with Crippen LogP contribution in [-0.2, 0) is 17.9 Å². The third-order valence-electron chi connectivity index (χ3n) is 4.72. The highest BCUT2D eigenvalue weighted by molar-refractivity contribution is 9.10. The van der Waals surface area contributed by atoms with E-state index in [-0.39, 0.29) is 30.1 Å². The van der Waals surface area contributed by atoms with Crippen LogP contribution in [0.3, 0.4) is 0 Å². The van der Waals surface area contributed by atoms with Gasteiger partial charge in [-0.15, -0.1) is 0 Å². The van der Waals surface area contributed by atoms with Crippen molar-refractivity contribution in [2.75, 3.05) is 0 Å². The molecule has 3 aromatic rings. The van der Waals surface area contributed by atoms with Crippen molar-refractivity contribution in [1.29, 1.82) is 0 Å². The number of hydrogen-bond acceptors (Lipinski definition) is 4. The fraction of sp³-hybridized carbons (Fsp3) is 0.0833. The van der Waals surface area contributed by atoms with Crippen LogP contribution in [0.15, 0.2) is 76.1 Å². The molecule has 4 nitrogen and oxygen atoms in total. The lowest BCUT2D eigenvalue weighted by atomic mass is 10.2. The van der Waals surface area contributed by atoms with E-state index in [9.17, 15) is 14.0 Å². The molecule has 1 saturated heterocycles. The van der Waals surface area contributed by atoms with Crippen LogP contribution in [0.5, 0.6) is 5.75 Å². The van der Waals surface area contributed by atoms with Crippen molar-refractivity contribution in [2.45, 2.75) is 13.2 Å². The molecule has 8 heteroatoms. The molecule has 1 aliphatic rings. The van der Waals surface area contributed by atoms with Gasteiger partial charge in [0.05, 0.1) is 15.9 Å². The van der Waals surface area contributed by atoms with Crippen LogP contribution in [0.4, 0.5) is 9.18 Å². The van der Waals surface area contributed by atoms with Crippen molar-refractivity contribution >= 4 is 56.5 Å². The Morgan fingerprint density at radius 3 is 2.53 bits per heavy atom. The molecule has 0 N–H and O–H groups in total. The number of halogens is 3. The minimum atomic E-state index is -0.342. The number of benzene rings is 3. The van der Waals surface area contributed by atoms with E-state index in [0.717, 1.165) is 22.9 Å². The van der Waals surface area contributed by atoms with E-state index >= 15 is 0 Å². The van der Waals surface area contributed by atoms with E-state index in [1.807, 2.05) is 0 Å². The van der Waals surface area contributed by atoms with Crippen LogP contribution in [-0.4, -0.2) is 16.0 Å². The van der Waals surface area contributed by atoms with Gasteiger partial charge in [-0.05, 0) is 75.2 Å². The number of nitrogens with zero attached hydrogens (tertiary/aromatic N) is 1. The Balaban J connectivity index is 1.45. The minimum absolute atomic E-state index is 0.0915. The predicted molar refractivity (Wildman–Crippen MR) is 128 cm³/mol. The van der Waals surface area contributed by atoms with Crippen molar-refractivity contribution in [3.63, 3.8) is 0 Å². The molecule has 0 aromatic heterocycles. The third-order valence-corrected chi connectivity index (χ3v) is 6.50. The van der Waals surface area contributed by atoms with Gasteiger partial charge >= 0.3 is 0 Å². The SMILES string of the molecule is O=C1S/C(=C\c2ccc(OCc3ccccc3F)c(Br)c2)C(=O)N1Cc1ccc(Cl)cc1. The number of carbonyl (C=O) groups is 2. The molecule has 2 amide bonds. The fourth-order valence-corrected chi connectivity index (χ4v) is 4.53. The van der Waals surface area contributed by atoms with Gasteiger partial charge in [-0.1, -0.05) is 48.0 Å². The Morgan fingerprint density at radius 2 is 1.81 bits per heavy atom. The molecule has 1 fully saturated rings. The summed E-state index contributed by atoms with van der Waals surface area (Å²) in [5.41, 5.74) is 2.00. The monoisotopic (exact) mass is 531 g/mol. The van der Waals surface area contributed by atoms with Gasteiger partial charge in [0, 0.05) is 10.6 Å². The molecule has 0 radical (unpaired) electrons. The van der Waals surface area contributed by atoms with Gasteiger partial charge in [-0.2, -0.15) is 0 Å². The van der Waals surface area contributed by atoms with E-state index in [1.165, 1.54) is 11.0 Å². The van der Waals surface area contributed by atoms with E-state index in [2.05, 4.69) is 15.9 Å². The zero-order valence-corrected chi connectivity index (χ0v) is 19.7. The highest BCUT2D eigenvalue weighted by Gasteiger charge is 2.35. The normalized spacial score (nSPS) is 15.0. The van der Waals surface area contributed by atoms with Crippen LogP contribution in [0.25, 0.3) is 6.08 Å². The molecule has 1 heterocycles. The maximum Gasteiger partial charge on any atom is 0.293 e. The summed E-state index contributed by atoms with van der Waals surface area (Å²) in [5, 5.41) is 0.273. The smallest absolute Gasteiger partial charge is 0.293 e. The Kier molecular flexibility index (Phi) is 6.98. The highest BCUT2D eigenvalue weighted by Crippen LogP contribution is 2.35. The quantitative estimate of drug-likeness (QED) is 0.319. The molecule has 0 spiro atoms. The third kappa shape index (κ3) is 5.23. The number of carbonyl (C=O) groups excluding carboxylic acids is 2. The first-order valence-electron chi connectivity index (χ1n) is 9.56. The lowest BCUT2D eigenvalue weighted by molar-refractivity contribution is -0.123.